The van der Waals surface area contributed by atoms with Crippen LogP contribution in [0.4, 0.5) is 27.1 Å². The molecular weight excluding hydrogens is 964 g/mol. The number of fused-ring (bicyclic) bond motifs is 6. The van der Waals surface area contributed by atoms with Gasteiger partial charge in [-0.2, -0.15) is 10.2 Å². The lowest BCUT2D eigenvalue weighted by Gasteiger charge is -2.42. The molecule has 0 spiro atoms. The Morgan fingerprint density at radius 1 is 0.632 bits per heavy atom. The number of benzene rings is 3. The predicted molar refractivity (Wildman–Crippen MR) is 279 cm³/mol. The number of anilines is 4. The predicted octanol–water partition coefficient (Wildman–Crippen LogP) is 10.0. The van der Waals surface area contributed by atoms with E-state index >= 15 is 0 Å². The monoisotopic (exact) mass is 1030 g/mol. The Hall–Kier alpha value is -4.50. The van der Waals surface area contributed by atoms with E-state index in [-0.39, 0.29) is 43.7 Å². The van der Waals surface area contributed by atoms with Crippen molar-refractivity contribution in [2.75, 3.05) is 85.7 Å². The quantitative estimate of drug-likeness (QED) is 0.121. The lowest BCUT2D eigenvalue weighted by molar-refractivity contribution is -0.139. The first-order chi connectivity index (χ1) is 32.5. The Bertz CT molecular complexity index is 2380. The van der Waals surface area contributed by atoms with E-state index < -0.39 is 22.2 Å². The molecule has 0 bridgehead atoms. The Labute approximate surface area is 412 Å². The Balaban J connectivity index is 0.000000187. The molecule has 14 nitrogen and oxygen atoms in total. The minimum absolute atomic E-state index is 0.0490. The number of carbonyl (C=O) groups excluding carboxylic acids is 2. The SMILES string of the molecule is CC1C(=O)N(COCC[Si](C)(C)C)N=C2COc3cc(-c4ccccc4F)c(N4CCCCC4)cc3N21.CC1C(=O)N(COCC[Si](C)(C)C)N=C2COc3cc(Br)c(N4CCCCC4)cc3N21. The lowest BCUT2D eigenvalue weighted by Crippen LogP contribution is -2.57. The average Bonchev–Trinajstić information content (AvgIpc) is 3.31. The van der Waals surface area contributed by atoms with E-state index in [0.29, 0.717) is 37.0 Å². The van der Waals surface area contributed by atoms with E-state index in [0.717, 1.165) is 95.5 Å². The highest BCUT2D eigenvalue weighted by molar-refractivity contribution is 9.10. The molecule has 0 aromatic heterocycles. The van der Waals surface area contributed by atoms with Crippen molar-refractivity contribution in [3.8, 4) is 22.6 Å². The number of hydrogen-bond acceptors (Lipinski definition) is 12. The first kappa shape index (κ1) is 49.9. The van der Waals surface area contributed by atoms with Crippen LogP contribution in [0.1, 0.15) is 52.4 Å². The summed E-state index contributed by atoms with van der Waals surface area (Å²) in [6, 6.07) is 16.3. The molecule has 6 aliphatic rings. The molecule has 9 rings (SSSR count). The molecule has 368 valence electrons. The molecule has 68 heavy (non-hydrogen) atoms. The van der Waals surface area contributed by atoms with Gasteiger partial charge in [0.05, 0.1) is 17.1 Å². The van der Waals surface area contributed by atoms with Crippen molar-refractivity contribution in [1.29, 1.82) is 0 Å². The van der Waals surface area contributed by atoms with Gasteiger partial charge in [-0.3, -0.25) is 9.59 Å². The molecule has 0 radical (unpaired) electrons. The normalized spacial score (nSPS) is 20.6. The maximum Gasteiger partial charge on any atom is 0.267 e. The molecule has 2 atom stereocenters. The van der Waals surface area contributed by atoms with Crippen LogP contribution in [0.3, 0.4) is 0 Å². The second kappa shape index (κ2) is 21.2. The summed E-state index contributed by atoms with van der Waals surface area (Å²) in [7, 11) is -2.38. The fourth-order valence-electron chi connectivity index (χ4n) is 9.36. The van der Waals surface area contributed by atoms with Crippen LogP contribution in [0.25, 0.3) is 11.1 Å². The largest absolute Gasteiger partial charge is 0.483 e. The highest BCUT2D eigenvalue weighted by Gasteiger charge is 2.41. The highest BCUT2D eigenvalue weighted by Crippen LogP contribution is 2.46. The summed E-state index contributed by atoms with van der Waals surface area (Å²) >= 11 is 3.73. The number of carbonyl (C=O) groups is 2. The van der Waals surface area contributed by atoms with E-state index in [1.807, 2.05) is 47.9 Å². The molecule has 6 heterocycles. The molecule has 2 unspecified atom stereocenters. The maximum atomic E-state index is 14.9. The van der Waals surface area contributed by atoms with E-state index in [9.17, 15) is 14.0 Å². The van der Waals surface area contributed by atoms with E-state index in [4.69, 9.17) is 18.9 Å². The zero-order chi connectivity index (χ0) is 48.3. The number of halogens is 2. The van der Waals surface area contributed by atoms with E-state index in [2.05, 4.69) is 87.3 Å². The number of nitrogens with zero attached hydrogens (tertiary/aromatic N) is 8. The van der Waals surface area contributed by atoms with Crippen LogP contribution in [0.5, 0.6) is 11.5 Å². The van der Waals surface area contributed by atoms with Crippen LogP contribution in [0, 0.1) is 5.82 Å². The van der Waals surface area contributed by atoms with E-state index in [1.54, 1.807) is 6.07 Å². The molecule has 0 N–H and O–H groups in total. The molecule has 6 aliphatic heterocycles. The fraction of sp³-hybridized carbons (Fsp3) is 0.560. The van der Waals surface area contributed by atoms with Gasteiger partial charge in [0.25, 0.3) is 11.8 Å². The summed E-state index contributed by atoms with van der Waals surface area (Å²) in [5.74, 6) is 2.43. The average molecular weight is 1030 g/mol. The molecule has 3 aromatic carbocycles. The number of amidine groups is 2. The van der Waals surface area contributed by atoms with Crippen molar-refractivity contribution in [3.05, 3.63) is 58.8 Å². The molecular formula is C50H70BrFN8O6Si2. The number of hydrogen-bond donors (Lipinski definition) is 0. The topological polar surface area (TPSA) is 115 Å². The van der Waals surface area contributed by atoms with Crippen LogP contribution in [0.2, 0.25) is 51.4 Å². The van der Waals surface area contributed by atoms with Gasteiger partial charge in [0.2, 0.25) is 0 Å². The maximum absolute atomic E-state index is 14.9. The minimum Gasteiger partial charge on any atom is -0.483 e. The van der Waals surface area contributed by atoms with Crippen molar-refractivity contribution in [1.82, 2.24) is 10.0 Å². The van der Waals surface area contributed by atoms with Crippen molar-refractivity contribution in [2.45, 2.75) is 116 Å². The smallest absolute Gasteiger partial charge is 0.267 e. The van der Waals surface area contributed by atoms with Crippen molar-refractivity contribution in [3.63, 3.8) is 0 Å². The molecule has 0 aliphatic carbocycles. The number of hydrazone groups is 2. The zero-order valence-electron chi connectivity index (χ0n) is 41.3. The Morgan fingerprint density at radius 2 is 1.09 bits per heavy atom. The summed E-state index contributed by atoms with van der Waals surface area (Å²) in [6.07, 6.45) is 7.09. The van der Waals surface area contributed by atoms with Gasteiger partial charge in [-0.1, -0.05) is 57.5 Å². The molecule has 3 aromatic rings. The van der Waals surface area contributed by atoms with Crippen LogP contribution >= 0.6 is 15.9 Å². The second-order valence-corrected chi connectivity index (χ2v) is 33.2. The Kier molecular flexibility index (Phi) is 15.6. The van der Waals surface area contributed by atoms with Gasteiger partial charge in [-0.05, 0) is 111 Å². The van der Waals surface area contributed by atoms with Crippen molar-refractivity contribution < 1.29 is 32.9 Å². The third kappa shape index (κ3) is 11.4. The summed E-state index contributed by atoms with van der Waals surface area (Å²) in [5, 5.41) is 12.1. The van der Waals surface area contributed by atoms with Gasteiger partial charge < -0.3 is 38.5 Å². The first-order valence-corrected chi connectivity index (χ1v) is 32.7. The first-order valence-electron chi connectivity index (χ1n) is 24.5. The summed E-state index contributed by atoms with van der Waals surface area (Å²) in [5.41, 5.74) is 5.19. The lowest BCUT2D eigenvalue weighted by atomic mass is 9.98. The number of piperidine rings is 2. The minimum atomic E-state index is -1.21. The van der Waals surface area contributed by atoms with Gasteiger partial charge in [-0.15, -0.1) is 0 Å². The van der Waals surface area contributed by atoms with E-state index in [1.165, 1.54) is 41.8 Å². The van der Waals surface area contributed by atoms with Crippen LogP contribution < -0.4 is 29.1 Å². The van der Waals surface area contributed by atoms with Crippen LogP contribution in [0.15, 0.2) is 63.2 Å². The zero-order valence-corrected chi connectivity index (χ0v) is 44.9. The standard InChI is InChI=1S/C28H37FN4O3Si.C22H33BrN4O3Si/c1-20-28(34)32(19-35-14-15-37(2,3)4)30-27-18-36-26-16-22(21-10-6-7-11-23(21)29)24(17-25(26)33(20)27)31-12-8-5-9-13-31;1-16-22(28)26(15-29-10-11-31(2,3)4)24-21-14-30-20-12-17(23)18(13-19(20)27(16)21)25-8-6-5-7-9-25/h6-7,10-11,16-17,20H,5,8-9,12-15,18-19H2,1-4H3;12-13,16H,5-11,14-15H2,1-4H3. The van der Waals surface area contributed by atoms with Crippen molar-refractivity contribution >= 4 is 78.3 Å². The van der Waals surface area contributed by atoms with Crippen LogP contribution in [-0.2, 0) is 19.1 Å². The van der Waals surface area contributed by atoms with Gasteiger partial charge in [0.1, 0.15) is 56.1 Å². The molecule has 2 fully saturated rings. The van der Waals surface area contributed by atoms with Gasteiger partial charge in [0.15, 0.2) is 11.7 Å². The van der Waals surface area contributed by atoms with Crippen LogP contribution in [-0.4, -0.2) is 128 Å². The summed E-state index contributed by atoms with van der Waals surface area (Å²) in [4.78, 5) is 35.1. The number of ether oxygens (including phenoxy) is 4. The molecule has 2 saturated heterocycles. The molecule has 2 amide bonds. The summed E-state index contributed by atoms with van der Waals surface area (Å²) < 4.78 is 39.7. The van der Waals surface area contributed by atoms with Gasteiger partial charge in [-0.25, -0.2) is 14.4 Å². The van der Waals surface area contributed by atoms with Gasteiger partial charge in [0, 0.05) is 76.8 Å². The second-order valence-electron chi connectivity index (χ2n) is 21.1. The van der Waals surface area contributed by atoms with Gasteiger partial charge >= 0.3 is 0 Å². The number of rotatable bonds is 13. The Morgan fingerprint density at radius 3 is 1.57 bits per heavy atom. The third-order valence-electron chi connectivity index (χ3n) is 13.3. The van der Waals surface area contributed by atoms with Crippen molar-refractivity contribution in [2.24, 2.45) is 10.2 Å². The molecule has 18 heteroatoms. The fourth-order valence-corrected chi connectivity index (χ4v) is 11.4. The number of amides is 2. The third-order valence-corrected chi connectivity index (χ3v) is 17.4. The molecule has 0 saturated carbocycles. The summed E-state index contributed by atoms with van der Waals surface area (Å²) in [6.45, 7) is 23.8. The highest BCUT2D eigenvalue weighted by atomic mass is 79.9.